The molecule has 2 heterocycles. The summed E-state index contributed by atoms with van der Waals surface area (Å²) in [5.74, 6) is 0. The van der Waals surface area contributed by atoms with Crippen LogP contribution in [-0.4, -0.2) is 15.9 Å². The minimum absolute atomic E-state index is 0.573. The van der Waals surface area contributed by atoms with Crippen LogP contribution in [0.2, 0.25) is 5.02 Å². The van der Waals surface area contributed by atoms with Gasteiger partial charge in [-0.15, -0.1) is 0 Å². The van der Waals surface area contributed by atoms with E-state index in [4.69, 9.17) is 22.3 Å². The van der Waals surface area contributed by atoms with Gasteiger partial charge in [0.15, 0.2) is 0 Å². The van der Waals surface area contributed by atoms with E-state index in [1.54, 1.807) is 0 Å². The molecule has 0 unspecified atom stereocenters. The van der Waals surface area contributed by atoms with Gasteiger partial charge in [-0.1, -0.05) is 39.7 Å². The maximum absolute atomic E-state index is 6.08. The quantitative estimate of drug-likeness (QED) is 0.778. The van der Waals surface area contributed by atoms with Crippen LogP contribution in [-0.2, 0) is 6.42 Å². The minimum Gasteiger partial charge on any atom is -0.330 e. The van der Waals surface area contributed by atoms with E-state index in [9.17, 15) is 0 Å². The van der Waals surface area contributed by atoms with E-state index in [-0.39, 0.29) is 0 Å². The molecule has 0 spiro atoms. The molecule has 20 heavy (non-hydrogen) atoms. The molecule has 0 aliphatic heterocycles. The van der Waals surface area contributed by atoms with Gasteiger partial charge in [-0.25, -0.2) is 4.98 Å². The van der Waals surface area contributed by atoms with Crippen molar-refractivity contribution in [3.63, 3.8) is 0 Å². The Hall–Kier alpha value is -1.36. The molecule has 102 valence electrons. The summed E-state index contributed by atoms with van der Waals surface area (Å²) in [5.41, 5.74) is 9.76. The number of aromatic nitrogens is 2. The third-order valence-corrected chi connectivity index (χ3v) is 3.93. The van der Waals surface area contributed by atoms with Crippen molar-refractivity contribution in [2.75, 3.05) is 6.54 Å². The molecular formula is C15H13BrClN3. The number of nitrogens with zero attached hydrogens (tertiary/aromatic N) is 2. The zero-order valence-corrected chi connectivity index (χ0v) is 13.0. The summed E-state index contributed by atoms with van der Waals surface area (Å²) in [7, 11) is 0. The number of imidazole rings is 1. The first-order valence-electron chi connectivity index (χ1n) is 6.31. The smallest absolute Gasteiger partial charge is 0.137 e. The molecule has 0 aliphatic carbocycles. The van der Waals surface area contributed by atoms with Gasteiger partial charge in [0.25, 0.3) is 0 Å². The lowest BCUT2D eigenvalue weighted by molar-refractivity contribution is 0.907. The lowest BCUT2D eigenvalue weighted by atomic mass is 10.1. The summed E-state index contributed by atoms with van der Waals surface area (Å²) in [6.45, 7) is 0.573. The van der Waals surface area contributed by atoms with Crippen LogP contribution >= 0.6 is 27.5 Å². The van der Waals surface area contributed by atoms with E-state index in [1.807, 2.05) is 47.0 Å². The predicted octanol–water partition coefficient (Wildman–Crippen LogP) is 3.92. The fourth-order valence-corrected chi connectivity index (χ4v) is 2.71. The normalized spacial score (nSPS) is 11.2. The summed E-state index contributed by atoms with van der Waals surface area (Å²) < 4.78 is 3.07. The van der Waals surface area contributed by atoms with E-state index in [2.05, 4.69) is 15.9 Å². The lowest BCUT2D eigenvalue weighted by Crippen LogP contribution is -2.06. The second-order valence-corrected chi connectivity index (χ2v) is 5.88. The van der Waals surface area contributed by atoms with E-state index >= 15 is 0 Å². The summed E-state index contributed by atoms with van der Waals surface area (Å²) in [4.78, 5) is 4.71. The van der Waals surface area contributed by atoms with Gasteiger partial charge in [-0.2, -0.15) is 0 Å². The first-order chi connectivity index (χ1) is 9.69. The highest BCUT2D eigenvalue weighted by Gasteiger charge is 2.13. The number of fused-ring (bicyclic) bond motifs is 1. The van der Waals surface area contributed by atoms with Crippen LogP contribution in [0.1, 0.15) is 5.69 Å². The number of hydrogen-bond donors (Lipinski definition) is 1. The molecule has 0 radical (unpaired) electrons. The lowest BCUT2D eigenvalue weighted by Gasteiger charge is -2.04. The molecule has 2 aromatic heterocycles. The van der Waals surface area contributed by atoms with Gasteiger partial charge in [0.1, 0.15) is 5.65 Å². The van der Waals surface area contributed by atoms with Crippen LogP contribution in [0.5, 0.6) is 0 Å². The van der Waals surface area contributed by atoms with Crippen LogP contribution in [0.25, 0.3) is 16.9 Å². The van der Waals surface area contributed by atoms with Gasteiger partial charge in [-0.05, 0) is 30.8 Å². The molecule has 3 nitrogen and oxygen atoms in total. The molecule has 0 fully saturated rings. The molecule has 2 N–H and O–H groups in total. The van der Waals surface area contributed by atoms with Crippen molar-refractivity contribution in [2.24, 2.45) is 5.73 Å². The van der Waals surface area contributed by atoms with Crippen molar-refractivity contribution in [2.45, 2.75) is 6.42 Å². The first-order valence-corrected chi connectivity index (χ1v) is 7.48. The number of hydrogen-bond acceptors (Lipinski definition) is 2. The highest BCUT2D eigenvalue weighted by molar-refractivity contribution is 9.10. The molecule has 3 aromatic rings. The Morgan fingerprint density at radius 2 is 1.90 bits per heavy atom. The Balaban J connectivity index is 2.23. The average Bonchev–Trinajstić information content (AvgIpc) is 2.79. The zero-order valence-electron chi connectivity index (χ0n) is 10.7. The van der Waals surface area contributed by atoms with E-state index in [0.717, 1.165) is 33.5 Å². The molecule has 5 heteroatoms. The van der Waals surface area contributed by atoms with Crippen LogP contribution in [0.15, 0.2) is 47.1 Å². The second kappa shape index (κ2) is 5.56. The van der Waals surface area contributed by atoms with Crippen molar-refractivity contribution >= 4 is 33.2 Å². The van der Waals surface area contributed by atoms with E-state index < -0.39 is 0 Å². The van der Waals surface area contributed by atoms with Crippen molar-refractivity contribution in [1.29, 1.82) is 0 Å². The standard InChI is InChI=1S/C15H13BrClN3/c16-11-3-1-10(2-4-11)15-13(7-8-18)20-9-12(17)5-6-14(20)19-15/h1-6,9H,7-8,18H2. The first kappa shape index (κ1) is 13.6. The molecule has 0 atom stereocenters. The molecule has 0 bridgehead atoms. The summed E-state index contributed by atoms with van der Waals surface area (Å²) >= 11 is 9.53. The highest BCUT2D eigenvalue weighted by atomic mass is 79.9. The number of nitrogens with two attached hydrogens (primary N) is 1. The van der Waals surface area contributed by atoms with Crippen LogP contribution in [0, 0.1) is 0 Å². The maximum Gasteiger partial charge on any atom is 0.137 e. The second-order valence-electron chi connectivity index (χ2n) is 4.53. The molecule has 1 aromatic carbocycles. The number of pyridine rings is 1. The monoisotopic (exact) mass is 349 g/mol. The zero-order chi connectivity index (χ0) is 14.1. The molecule has 0 aliphatic rings. The number of benzene rings is 1. The Bertz CT molecular complexity index is 750. The number of rotatable bonds is 3. The molecular weight excluding hydrogens is 338 g/mol. The van der Waals surface area contributed by atoms with Crippen LogP contribution in [0.4, 0.5) is 0 Å². The maximum atomic E-state index is 6.08. The predicted molar refractivity (Wildman–Crippen MR) is 86.1 cm³/mol. The summed E-state index contributed by atoms with van der Waals surface area (Å²) in [6.07, 6.45) is 2.64. The number of halogens is 2. The molecule has 0 saturated carbocycles. The van der Waals surface area contributed by atoms with Gasteiger partial charge in [-0.3, -0.25) is 0 Å². The van der Waals surface area contributed by atoms with Gasteiger partial charge >= 0.3 is 0 Å². The van der Waals surface area contributed by atoms with Gasteiger partial charge in [0, 0.05) is 22.7 Å². The fourth-order valence-electron chi connectivity index (χ4n) is 2.28. The van der Waals surface area contributed by atoms with Crippen molar-refractivity contribution in [3.05, 3.63) is 57.8 Å². The molecule has 0 saturated heterocycles. The fraction of sp³-hybridized carbons (Fsp3) is 0.133. The minimum atomic E-state index is 0.573. The van der Waals surface area contributed by atoms with E-state index in [1.165, 1.54) is 0 Å². The van der Waals surface area contributed by atoms with Crippen molar-refractivity contribution in [3.8, 4) is 11.3 Å². The van der Waals surface area contributed by atoms with Crippen LogP contribution < -0.4 is 5.73 Å². The van der Waals surface area contributed by atoms with Gasteiger partial charge < -0.3 is 10.1 Å². The Labute approximate surface area is 130 Å². The topological polar surface area (TPSA) is 43.3 Å². The largest absolute Gasteiger partial charge is 0.330 e. The van der Waals surface area contributed by atoms with Crippen molar-refractivity contribution < 1.29 is 0 Å². The summed E-state index contributed by atoms with van der Waals surface area (Å²) in [6, 6.07) is 11.9. The molecule has 3 rings (SSSR count). The highest BCUT2D eigenvalue weighted by Crippen LogP contribution is 2.27. The van der Waals surface area contributed by atoms with Gasteiger partial charge in [0.05, 0.1) is 16.4 Å². The third kappa shape index (κ3) is 2.46. The Morgan fingerprint density at radius 3 is 2.60 bits per heavy atom. The average molecular weight is 351 g/mol. The van der Waals surface area contributed by atoms with Crippen LogP contribution in [0.3, 0.4) is 0 Å². The molecule has 0 amide bonds. The Morgan fingerprint density at radius 1 is 1.15 bits per heavy atom. The van der Waals surface area contributed by atoms with Gasteiger partial charge in [0.2, 0.25) is 0 Å². The van der Waals surface area contributed by atoms with E-state index in [0.29, 0.717) is 11.6 Å². The Kier molecular flexibility index (Phi) is 3.78. The van der Waals surface area contributed by atoms with Crippen molar-refractivity contribution in [1.82, 2.24) is 9.38 Å². The summed E-state index contributed by atoms with van der Waals surface area (Å²) in [5, 5.41) is 0.690. The third-order valence-electron chi connectivity index (χ3n) is 3.18. The SMILES string of the molecule is NCCc1c(-c2ccc(Br)cc2)nc2ccc(Cl)cn12.